The number of hydrogen-bond donors (Lipinski definition) is 1. The molecular weight excluding hydrogens is 354 g/mol. The standard InChI is InChI=1S/C20H27N7O/c1-15-14-17(18(28)24-16-6-3-2-4-7-16)25-20(23-15)27-12-10-26(11-13-27)19-21-8-5-9-22-19/h5,8-9,14,16H,2-4,6-7,10-13H2,1H3,(H,24,28). The molecule has 0 aromatic carbocycles. The highest BCUT2D eigenvalue weighted by Crippen LogP contribution is 2.19. The third kappa shape index (κ3) is 4.37. The average Bonchev–Trinajstić information content (AvgIpc) is 2.75. The maximum Gasteiger partial charge on any atom is 0.270 e. The second-order valence-corrected chi connectivity index (χ2v) is 7.53. The first-order chi connectivity index (χ1) is 13.7. The van der Waals surface area contributed by atoms with Crippen molar-refractivity contribution in [2.45, 2.75) is 45.1 Å². The van der Waals surface area contributed by atoms with Crippen molar-refractivity contribution in [1.82, 2.24) is 25.3 Å². The summed E-state index contributed by atoms with van der Waals surface area (Å²) in [5, 5.41) is 3.15. The molecule has 1 amide bonds. The first kappa shape index (κ1) is 18.6. The van der Waals surface area contributed by atoms with Crippen molar-refractivity contribution >= 4 is 17.8 Å². The number of carbonyl (C=O) groups excluding carboxylic acids is 1. The maximum absolute atomic E-state index is 12.7. The molecule has 8 nitrogen and oxygen atoms in total. The van der Waals surface area contributed by atoms with Crippen molar-refractivity contribution in [1.29, 1.82) is 0 Å². The number of hydrogen-bond acceptors (Lipinski definition) is 7. The number of anilines is 2. The lowest BCUT2D eigenvalue weighted by Crippen LogP contribution is -2.48. The third-order valence-corrected chi connectivity index (χ3v) is 5.41. The van der Waals surface area contributed by atoms with Crippen LogP contribution in [0.2, 0.25) is 0 Å². The van der Waals surface area contributed by atoms with E-state index in [1.807, 2.05) is 13.0 Å². The number of aromatic nitrogens is 4. The molecule has 2 aromatic heterocycles. The van der Waals surface area contributed by atoms with Crippen LogP contribution in [0.25, 0.3) is 0 Å². The van der Waals surface area contributed by atoms with Gasteiger partial charge in [0.1, 0.15) is 5.69 Å². The van der Waals surface area contributed by atoms with Gasteiger partial charge in [-0.05, 0) is 31.9 Å². The summed E-state index contributed by atoms with van der Waals surface area (Å²) < 4.78 is 0. The number of carbonyl (C=O) groups is 1. The second kappa shape index (κ2) is 8.50. The van der Waals surface area contributed by atoms with Gasteiger partial charge in [0, 0.05) is 50.3 Å². The van der Waals surface area contributed by atoms with E-state index in [0.29, 0.717) is 11.6 Å². The van der Waals surface area contributed by atoms with Crippen molar-refractivity contribution in [3.05, 3.63) is 35.9 Å². The summed E-state index contributed by atoms with van der Waals surface area (Å²) in [4.78, 5) is 34.8. The molecular formula is C20H27N7O. The van der Waals surface area contributed by atoms with Crippen LogP contribution in [-0.2, 0) is 0 Å². The predicted molar refractivity (Wildman–Crippen MR) is 108 cm³/mol. The van der Waals surface area contributed by atoms with Crippen LogP contribution in [-0.4, -0.2) is 58.1 Å². The van der Waals surface area contributed by atoms with Crippen molar-refractivity contribution in [2.75, 3.05) is 36.0 Å². The molecule has 1 N–H and O–H groups in total. The molecule has 0 spiro atoms. The molecule has 148 valence electrons. The molecule has 28 heavy (non-hydrogen) atoms. The Hall–Kier alpha value is -2.77. The van der Waals surface area contributed by atoms with Crippen molar-refractivity contribution in [3.8, 4) is 0 Å². The molecule has 1 saturated carbocycles. The quantitative estimate of drug-likeness (QED) is 0.866. The fourth-order valence-corrected chi connectivity index (χ4v) is 3.88. The van der Waals surface area contributed by atoms with Gasteiger partial charge in [0.15, 0.2) is 0 Å². The minimum Gasteiger partial charge on any atom is -0.348 e. The topological polar surface area (TPSA) is 87.1 Å². The Morgan fingerprint density at radius 2 is 1.61 bits per heavy atom. The fraction of sp³-hybridized carbons (Fsp3) is 0.550. The Bertz CT molecular complexity index is 799. The third-order valence-electron chi connectivity index (χ3n) is 5.41. The molecule has 4 rings (SSSR count). The predicted octanol–water partition coefficient (Wildman–Crippen LogP) is 1.96. The van der Waals surface area contributed by atoms with Crippen LogP contribution in [0.4, 0.5) is 11.9 Å². The Labute approximate surface area is 165 Å². The summed E-state index contributed by atoms with van der Waals surface area (Å²) in [7, 11) is 0. The molecule has 1 aliphatic carbocycles. The van der Waals surface area contributed by atoms with Crippen LogP contribution >= 0.6 is 0 Å². The largest absolute Gasteiger partial charge is 0.348 e. The number of rotatable bonds is 4. The Balaban J connectivity index is 1.42. The molecule has 2 fully saturated rings. The van der Waals surface area contributed by atoms with E-state index in [9.17, 15) is 4.79 Å². The molecule has 0 radical (unpaired) electrons. The number of piperazine rings is 1. The van der Waals surface area contributed by atoms with Crippen LogP contribution in [0, 0.1) is 6.92 Å². The molecule has 0 bridgehead atoms. The van der Waals surface area contributed by atoms with Gasteiger partial charge in [0.25, 0.3) is 5.91 Å². The molecule has 1 saturated heterocycles. The molecule has 8 heteroatoms. The second-order valence-electron chi connectivity index (χ2n) is 7.53. The van der Waals surface area contributed by atoms with Crippen molar-refractivity contribution in [2.24, 2.45) is 0 Å². The molecule has 2 aliphatic rings. The highest BCUT2D eigenvalue weighted by molar-refractivity contribution is 5.92. The zero-order valence-corrected chi connectivity index (χ0v) is 16.3. The van der Waals surface area contributed by atoms with Gasteiger partial charge in [-0.15, -0.1) is 0 Å². The highest BCUT2D eigenvalue weighted by Gasteiger charge is 2.23. The fourth-order valence-electron chi connectivity index (χ4n) is 3.88. The van der Waals surface area contributed by atoms with Gasteiger partial charge in [-0.2, -0.15) is 0 Å². The Morgan fingerprint density at radius 1 is 0.964 bits per heavy atom. The lowest BCUT2D eigenvalue weighted by atomic mass is 9.95. The summed E-state index contributed by atoms with van der Waals surface area (Å²) >= 11 is 0. The Morgan fingerprint density at radius 3 is 2.29 bits per heavy atom. The molecule has 0 unspecified atom stereocenters. The van der Waals surface area contributed by atoms with E-state index in [0.717, 1.165) is 50.7 Å². The number of nitrogens with zero attached hydrogens (tertiary/aromatic N) is 6. The van der Waals surface area contributed by atoms with E-state index in [-0.39, 0.29) is 11.9 Å². The van der Waals surface area contributed by atoms with Crippen LogP contribution in [0.3, 0.4) is 0 Å². The van der Waals surface area contributed by atoms with Crippen molar-refractivity contribution in [3.63, 3.8) is 0 Å². The van der Waals surface area contributed by atoms with Crippen LogP contribution in [0.1, 0.15) is 48.3 Å². The summed E-state index contributed by atoms with van der Waals surface area (Å²) in [6.07, 6.45) is 9.29. The van der Waals surface area contributed by atoms with Crippen LogP contribution in [0.5, 0.6) is 0 Å². The number of amides is 1. The normalized spacial score (nSPS) is 18.2. The first-order valence-electron chi connectivity index (χ1n) is 10.1. The van der Waals surface area contributed by atoms with E-state index in [1.54, 1.807) is 18.5 Å². The van der Waals surface area contributed by atoms with E-state index < -0.39 is 0 Å². The summed E-state index contributed by atoms with van der Waals surface area (Å²) in [6, 6.07) is 3.87. The zero-order chi connectivity index (χ0) is 19.3. The van der Waals surface area contributed by atoms with Gasteiger partial charge < -0.3 is 15.1 Å². The lowest BCUT2D eigenvalue weighted by Gasteiger charge is -2.34. The average molecular weight is 381 g/mol. The minimum absolute atomic E-state index is 0.0880. The molecule has 3 heterocycles. The van der Waals surface area contributed by atoms with Gasteiger partial charge in [-0.25, -0.2) is 19.9 Å². The molecule has 0 atom stereocenters. The van der Waals surface area contributed by atoms with Gasteiger partial charge in [0.2, 0.25) is 11.9 Å². The minimum atomic E-state index is -0.0880. The van der Waals surface area contributed by atoms with Crippen molar-refractivity contribution < 1.29 is 4.79 Å². The summed E-state index contributed by atoms with van der Waals surface area (Å²) in [5.74, 6) is 1.29. The van der Waals surface area contributed by atoms with Gasteiger partial charge >= 0.3 is 0 Å². The van der Waals surface area contributed by atoms with Crippen LogP contribution < -0.4 is 15.1 Å². The van der Waals surface area contributed by atoms with Gasteiger partial charge in [0.05, 0.1) is 0 Å². The number of nitrogens with one attached hydrogen (secondary N) is 1. The lowest BCUT2D eigenvalue weighted by molar-refractivity contribution is 0.0922. The SMILES string of the molecule is Cc1cc(C(=O)NC2CCCCC2)nc(N2CCN(c3ncccn3)CC2)n1. The molecule has 1 aliphatic heterocycles. The maximum atomic E-state index is 12.7. The highest BCUT2D eigenvalue weighted by atomic mass is 16.1. The van der Waals surface area contributed by atoms with E-state index in [1.165, 1.54) is 19.3 Å². The smallest absolute Gasteiger partial charge is 0.270 e. The summed E-state index contributed by atoms with van der Waals surface area (Å²) in [5.41, 5.74) is 1.27. The van der Waals surface area contributed by atoms with Crippen LogP contribution in [0.15, 0.2) is 24.5 Å². The van der Waals surface area contributed by atoms with E-state index >= 15 is 0 Å². The number of aryl methyl sites for hydroxylation is 1. The van der Waals surface area contributed by atoms with E-state index in [4.69, 9.17) is 0 Å². The van der Waals surface area contributed by atoms with Gasteiger partial charge in [-0.3, -0.25) is 4.79 Å². The summed E-state index contributed by atoms with van der Waals surface area (Å²) in [6.45, 7) is 5.04. The Kier molecular flexibility index (Phi) is 5.64. The first-order valence-corrected chi connectivity index (χ1v) is 10.1. The zero-order valence-electron chi connectivity index (χ0n) is 16.3. The monoisotopic (exact) mass is 381 g/mol. The van der Waals surface area contributed by atoms with Gasteiger partial charge in [-0.1, -0.05) is 19.3 Å². The molecule has 2 aromatic rings. The van der Waals surface area contributed by atoms with E-state index in [2.05, 4.69) is 35.1 Å².